The molecule has 2 rings (SSSR count). The Morgan fingerprint density at radius 2 is 1.93 bits per heavy atom. The number of aromatic nitrogens is 1. The van der Waals surface area contributed by atoms with Gasteiger partial charge in [0.25, 0.3) is 10.0 Å². The molecule has 0 unspecified atom stereocenters. The predicted molar refractivity (Wildman–Crippen MR) is 59.4 cm³/mol. The van der Waals surface area contributed by atoms with Crippen molar-refractivity contribution in [3.8, 4) is 0 Å². The van der Waals surface area contributed by atoms with Crippen LogP contribution in [0.5, 0.6) is 0 Å². The van der Waals surface area contributed by atoms with E-state index >= 15 is 0 Å². The van der Waals surface area contributed by atoms with Gasteiger partial charge in [-0.1, -0.05) is 18.2 Å². The molecule has 0 aliphatic rings. The van der Waals surface area contributed by atoms with E-state index < -0.39 is 10.0 Å². The van der Waals surface area contributed by atoms with Crippen molar-refractivity contribution in [2.45, 2.75) is 4.90 Å². The Morgan fingerprint density at radius 1 is 1.20 bits per heavy atom. The van der Waals surface area contributed by atoms with E-state index in [1.165, 1.54) is 17.5 Å². The molecule has 1 aromatic carbocycles. The second-order valence-electron chi connectivity index (χ2n) is 2.78. The van der Waals surface area contributed by atoms with Gasteiger partial charge in [0.1, 0.15) is 5.00 Å². The van der Waals surface area contributed by atoms with Crippen LogP contribution in [-0.4, -0.2) is 13.4 Å². The highest BCUT2D eigenvalue weighted by atomic mass is 32.2. The van der Waals surface area contributed by atoms with Crippen LogP contribution in [0, 0.1) is 0 Å². The fourth-order valence-corrected chi connectivity index (χ4v) is 2.89. The molecule has 78 valence electrons. The third-order valence-corrected chi connectivity index (χ3v) is 3.92. The number of hydrogen-bond acceptors (Lipinski definition) is 4. The average Bonchev–Trinajstić information content (AvgIpc) is 2.71. The first-order valence-electron chi connectivity index (χ1n) is 4.15. The Bertz CT molecular complexity index is 521. The molecular formula is C9H8N2O2S2. The van der Waals surface area contributed by atoms with Crippen molar-refractivity contribution in [1.82, 2.24) is 4.98 Å². The van der Waals surface area contributed by atoms with Crippen LogP contribution in [0.15, 0.2) is 46.9 Å². The second-order valence-corrected chi connectivity index (χ2v) is 5.35. The highest BCUT2D eigenvalue weighted by molar-refractivity contribution is 7.93. The van der Waals surface area contributed by atoms with Gasteiger partial charge in [-0.15, -0.1) is 11.3 Å². The number of sulfonamides is 1. The third kappa shape index (κ3) is 2.34. The van der Waals surface area contributed by atoms with Gasteiger partial charge >= 0.3 is 0 Å². The second kappa shape index (κ2) is 4.00. The molecule has 0 radical (unpaired) electrons. The number of anilines is 1. The van der Waals surface area contributed by atoms with Crippen molar-refractivity contribution < 1.29 is 8.42 Å². The SMILES string of the molecule is O=S(=O)(Nc1cncs1)c1ccccc1. The topological polar surface area (TPSA) is 59.1 Å². The first kappa shape index (κ1) is 10.1. The molecule has 0 amide bonds. The molecule has 1 aromatic heterocycles. The maximum Gasteiger partial charge on any atom is 0.262 e. The number of thiazole rings is 1. The van der Waals surface area contributed by atoms with E-state index in [4.69, 9.17) is 0 Å². The fourth-order valence-electron chi connectivity index (χ4n) is 1.06. The van der Waals surface area contributed by atoms with Gasteiger partial charge in [0, 0.05) is 0 Å². The largest absolute Gasteiger partial charge is 0.269 e. The predicted octanol–water partition coefficient (Wildman–Crippen LogP) is 1.94. The Balaban J connectivity index is 2.29. The zero-order valence-corrected chi connectivity index (χ0v) is 9.25. The summed E-state index contributed by atoms with van der Waals surface area (Å²) in [5.74, 6) is 0. The van der Waals surface area contributed by atoms with Gasteiger partial charge in [-0.25, -0.2) is 8.42 Å². The van der Waals surface area contributed by atoms with Crippen molar-refractivity contribution in [1.29, 1.82) is 0 Å². The monoisotopic (exact) mass is 240 g/mol. The maximum atomic E-state index is 11.8. The standard InChI is InChI=1S/C9H8N2O2S2/c12-15(13,8-4-2-1-3-5-8)11-9-6-10-7-14-9/h1-7,11H. The minimum absolute atomic E-state index is 0.249. The lowest BCUT2D eigenvalue weighted by Crippen LogP contribution is -2.11. The van der Waals surface area contributed by atoms with Crippen LogP contribution in [0.1, 0.15) is 0 Å². The zero-order chi connectivity index (χ0) is 10.7. The maximum absolute atomic E-state index is 11.8. The first-order valence-corrected chi connectivity index (χ1v) is 6.51. The van der Waals surface area contributed by atoms with Crippen LogP contribution in [0.2, 0.25) is 0 Å². The molecule has 0 aliphatic carbocycles. The van der Waals surface area contributed by atoms with Crippen LogP contribution in [0.25, 0.3) is 0 Å². The van der Waals surface area contributed by atoms with E-state index in [1.54, 1.807) is 35.8 Å². The fraction of sp³-hybridized carbons (Fsp3) is 0. The van der Waals surface area contributed by atoms with Crippen molar-refractivity contribution in [2.75, 3.05) is 4.72 Å². The number of nitrogens with zero attached hydrogens (tertiary/aromatic N) is 1. The number of hydrogen-bond donors (Lipinski definition) is 1. The van der Waals surface area contributed by atoms with E-state index in [9.17, 15) is 8.42 Å². The van der Waals surface area contributed by atoms with Gasteiger partial charge in [0.2, 0.25) is 0 Å². The Labute approximate surface area is 91.7 Å². The van der Waals surface area contributed by atoms with Gasteiger partial charge in [-0.05, 0) is 12.1 Å². The van der Waals surface area contributed by atoms with Crippen molar-refractivity contribution in [3.63, 3.8) is 0 Å². The van der Waals surface area contributed by atoms with E-state index in [0.717, 1.165) is 0 Å². The Morgan fingerprint density at radius 3 is 2.53 bits per heavy atom. The minimum Gasteiger partial charge on any atom is -0.269 e. The molecule has 0 spiro atoms. The van der Waals surface area contributed by atoms with Crippen LogP contribution in [0.3, 0.4) is 0 Å². The van der Waals surface area contributed by atoms with Crippen LogP contribution in [0.4, 0.5) is 5.00 Å². The summed E-state index contributed by atoms with van der Waals surface area (Å²) in [7, 11) is -3.46. The molecule has 0 saturated carbocycles. The van der Waals surface area contributed by atoms with Gasteiger partial charge < -0.3 is 0 Å². The van der Waals surface area contributed by atoms with E-state index in [-0.39, 0.29) is 4.90 Å². The van der Waals surface area contributed by atoms with Crippen LogP contribution in [-0.2, 0) is 10.0 Å². The molecule has 0 saturated heterocycles. The normalized spacial score (nSPS) is 11.2. The summed E-state index contributed by atoms with van der Waals surface area (Å²) in [6.07, 6.45) is 1.48. The molecule has 2 aromatic rings. The molecule has 0 atom stereocenters. The van der Waals surface area contributed by atoms with Crippen LogP contribution < -0.4 is 4.72 Å². The van der Waals surface area contributed by atoms with Crippen molar-refractivity contribution >= 4 is 26.4 Å². The molecule has 1 N–H and O–H groups in total. The van der Waals surface area contributed by atoms with Gasteiger partial charge in [-0.3, -0.25) is 9.71 Å². The molecular weight excluding hydrogens is 232 g/mol. The summed E-state index contributed by atoms with van der Waals surface area (Å²) in [4.78, 5) is 4.04. The van der Waals surface area contributed by atoms with Crippen molar-refractivity contribution in [3.05, 3.63) is 42.0 Å². The van der Waals surface area contributed by atoms with Crippen LogP contribution >= 0.6 is 11.3 Å². The zero-order valence-electron chi connectivity index (χ0n) is 7.62. The third-order valence-electron chi connectivity index (χ3n) is 1.72. The van der Waals surface area contributed by atoms with E-state index in [0.29, 0.717) is 5.00 Å². The molecule has 6 heteroatoms. The highest BCUT2D eigenvalue weighted by Crippen LogP contribution is 2.18. The van der Waals surface area contributed by atoms with Gasteiger partial charge in [0.05, 0.1) is 16.6 Å². The van der Waals surface area contributed by atoms with E-state index in [1.807, 2.05) is 0 Å². The number of rotatable bonds is 3. The minimum atomic E-state index is -3.46. The summed E-state index contributed by atoms with van der Waals surface area (Å²) in [5.41, 5.74) is 1.57. The first-order chi connectivity index (χ1) is 7.18. The summed E-state index contributed by atoms with van der Waals surface area (Å²) in [6, 6.07) is 8.22. The summed E-state index contributed by atoms with van der Waals surface area (Å²) in [5, 5.41) is 0.513. The average molecular weight is 240 g/mol. The highest BCUT2D eigenvalue weighted by Gasteiger charge is 2.13. The van der Waals surface area contributed by atoms with Crippen molar-refractivity contribution in [2.24, 2.45) is 0 Å². The summed E-state index contributed by atoms with van der Waals surface area (Å²) in [6.45, 7) is 0. The molecule has 0 aliphatic heterocycles. The van der Waals surface area contributed by atoms with Gasteiger partial charge in [-0.2, -0.15) is 0 Å². The smallest absolute Gasteiger partial charge is 0.262 e. The lowest BCUT2D eigenvalue weighted by molar-refractivity contribution is 0.601. The Hall–Kier alpha value is -1.40. The number of nitrogens with one attached hydrogen (secondary N) is 1. The quantitative estimate of drug-likeness (QED) is 0.892. The molecule has 1 heterocycles. The molecule has 0 bridgehead atoms. The lowest BCUT2D eigenvalue weighted by atomic mass is 10.4. The molecule has 15 heavy (non-hydrogen) atoms. The summed E-state index contributed by atoms with van der Waals surface area (Å²) < 4.78 is 26.0. The summed E-state index contributed by atoms with van der Waals surface area (Å²) >= 11 is 1.24. The molecule has 4 nitrogen and oxygen atoms in total. The van der Waals surface area contributed by atoms with Gasteiger partial charge in [0.15, 0.2) is 0 Å². The lowest BCUT2D eigenvalue weighted by Gasteiger charge is -2.04. The van der Waals surface area contributed by atoms with E-state index in [2.05, 4.69) is 9.71 Å². The molecule has 0 fully saturated rings. The number of benzene rings is 1. The Kier molecular flexibility index (Phi) is 2.70.